The SMILES string of the molecule is N#Cc1cc(N)cc(O)c1. The second kappa shape index (κ2) is 2.28. The van der Waals surface area contributed by atoms with Crippen LogP contribution in [0.2, 0.25) is 0 Å². The van der Waals surface area contributed by atoms with Crippen LogP contribution in [-0.4, -0.2) is 5.11 Å². The normalized spacial score (nSPS) is 8.70. The van der Waals surface area contributed by atoms with Crippen molar-refractivity contribution in [1.29, 1.82) is 5.26 Å². The lowest BCUT2D eigenvalue weighted by molar-refractivity contribution is 0.475. The van der Waals surface area contributed by atoms with Gasteiger partial charge in [0.15, 0.2) is 0 Å². The van der Waals surface area contributed by atoms with Gasteiger partial charge in [0.2, 0.25) is 0 Å². The van der Waals surface area contributed by atoms with E-state index in [2.05, 4.69) is 0 Å². The van der Waals surface area contributed by atoms with Crippen molar-refractivity contribution in [2.24, 2.45) is 0 Å². The zero-order valence-electron chi connectivity index (χ0n) is 5.20. The Morgan fingerprint density at radius 1 is 1.40 bits per heavy atom. The van der Waals surface area contributed by atoms with Crippen molar-refractivity contribution in [3.05, 3.63) is 23.8 Å². The Morgan fingerprint density at radius 2 is 2.10 bits per heavy atom. The van der Waals surface area contributed by atoms with Crippen LogP contribution in [0.15, 0.2) is 18.2 Å². The summed E-state index contributed by atoms with van der Waals surface area (Å²) in [6.45, 7) is 0. The van der Waals surface area contributed by atoms with Crippen molar-refractivity contribution in [2.75, 3.05) is 5.73 Å². The van der Waals surface area contributed by atoms with Gasteiger partial charge in [-0.1, -0.05) is 0 Å². The van der Waals surface area contributed by atoms with E-state index in [1.165, 1.54) is 18.2 Å². The maximum absolute atomic E-state index is 8.89. The molecule has 0 saturated carbocycles. The average molecular weight is 134 g/mol. The molecule has 0 aliphatic rings. The Bertz CT molecular complexity index is 268. The molecule has 0 bridgehead atoms. The van der Waals surface area contributed by atoms with Crippen molar-refractivity contribution in [3.8, 4) is 11.8 Å². The Morgan fingerprint density at radius 3 is 2.60 bits per heavy atom. The molecule has 0 unspecified atom stereocenters. The summed E-state index contributed by atoms with van der Waals surface area (Å²) in [7, 11) is 0. The van der Waals surface area contributed by atoms with Gasteiger partial charge in [0, 0.05) is 11.8 Å². The predicted octanol–water partition coefficient (Wildman–Crippen LogP) is 0.846. The minimum Gasteiger partial charge on any atom is -0.508 e. The van der Waals surface area contributed by atoms with Crippen LogP contribution in [0.4, 0.5) is 5.69 Å². The van der Waals surface area contributed by atoms with Crippen LogP contribution < -0.4 is 5.73 Å². The van der Waals surface area contributed by atoms with Gasteiger partial charge < -0.3 is 10.8 Å². The molecule has 0 aromatic heterocycles. The molecule has 0 aliphatic carbocycles. The predicted molar refractivity (Wildman–Crippen MR) is 37.2 cm³/mol. The third-order valence-electron chi connectivity index (χ3n) is 1.07. The van der Waals surface area contributed by atoms with Gasteiger partial charge in [0.05, 0.1) is 11.6 Å². The molecular formula is C7H6N2O. The lowest BCUT2D eigenvalue weighted by atomic mass is 10.2. The van der Waals surface area contributed by atoms with E-state index in [1.54, 1.807) is 0 Å². The summed E-state index contributed by atoms with van der Waals surface area (Å²) in [6, 6.07) is 6.12. The fourth-order valence-electron chi connectivity index (χ4n) is 0.699. The van der Waals surface area contributed by atoms with E-state index in [4.69, 9.17) is 16.1 Å². The minimum atomic E-state index is 0.0246. The number of phenols is 1. The molecule has 1 aromatic rings. The van der Waals surface area contributed by atoms with Crippen molar-refractivity contribution in [1.82, 2.24) is 0 Å². The highest BCUT2D eigenvalue weighted by atomic mass is 16.3. The van der Waals surface area contributed by atoms with E-state index < -0.39 is 0 Å². The van der Waals surface area contributed by atoms with Gasteiger partial charge in [-0.15, -0.1) is 0 Å². The van der Waals surface area contributed by atoms with Gasteiger partial charge in [-0.3, -0.25) is 0 Å². The number of nitrogens with two attached hydrogens (primary N) is 1. The van der Waals surface area contributed by atoms with Crippen LogP contribution in [0.5, 0.6) is 5.75 Å². The van der Waals surface area contributed by atoms with Crippen molar-refractivity contribution in [2.45, 2.75) is 0 Å². The zero-order chi connectivity index (χ0) is 7.56. The number of aromatic hydroxyl groups is 1. The van der Waals surface area contributed by atoms with Crippen molar-refractivity contribution < 1.29 is 5.11 Å². The summed E-state index contributed by atoms with van der Waals surface area (Å²) in [6.07, 6.45) is 0. The number of phenolic OH excluding ortho intramolecular Hbond substituents is 1. The van der Waals surface area contributed by atoms with Crippen molar-refractivity contribution >= 4 is 5.69 Å². The first-order chi connectivity index (χ1) is 4.72. The van der Waals surface area contributed by atoms with E-state index in [0.29, 0.717) is 11.3 Å². The first kappa shape index (κ1) is 6.43. The number of rotatable bonds is 0. The lowest BCUT2D eigenvalue weighted by Gasteiger charge is -1.94. The lowest BCUT2D eigenvalue weighted by Crippen LogP contribution is -1.84. The van der Waals surface area contributed by atoms with Crippen LogP contribution in [0.1, 0.15) is 5.56 Å². The van der Waals surface area contributed by atoms with E-state index >= 15 is 0 Å². The highest BCUT2D eigenvalue weighted by molar-refractivity contribution is 5.50. The third-order valence-corrected chi connectivity index (χ3v) is 1.07. The van der Waals surface area contributed by atoms with E-state index in [1.807, 2.05) is 6.07 Å². The van der Waals surface area contributed by atoms with Gasteiger partial charge in [-0.25, -0.2) is 0 Å². The van der Waals surface area contributed by atoms with Gasteiger partial charge >= 0.3 is 0 Å². The first-order valence-corrected chi connectivity index (χ1v) is 2.72. The zero-order valence-corrected chi connectivity index (χ0v) is 5.20. The molecule has 0 radical (unpaired) electrons. The molecule has 3 N–H and O–H groups in total. The van der Waals surface area contributed by atoms with Gasteiger partial charge in [0.1, 0.15) is 5.75 Å². The van der Waals surface area contributed by atoms with E-state index in [0.717, 1.165) is 0 Å². The molecule has 10 heavy (non-hydrogen) atoms. The molecule has 1 rings (SSSR count). The Labute approximate surface area is 58.3 Å². The number of nitrogens with zero attached hydrogens (tertiary/aromatic N) is 1. The van der Waals surface area contributed by atoms with Crippen LogP contribution in [-0.2, 0) is 0 Å². The van der Waals surface area contributed by atoms with Gasteiger partial charge in [0.25, 0.3) is 0 Å². The second-order valence-corrected chi connectivity index (χ2v) is 1.93. The topological polar surface area (TPSA) is 70.0 Å². The average Bonchev–Trinajstić information content (AvgIpc) is 1.85. The molecule has 0 heterocycles. The molecule has 1 aromatic carbocycles. The molecule has 3 heteroatoms. The molecule has 0 fully saturated rings. The number of hydrogen-bond acceptors (Lipinski definition) is 3. The number of anilines is 1. The van der Waals surface area contributed by atoms with Crippen LogP contribution in [0, 0.1) is 11.3 Å². The second-order valence-electron chi connectivity index (χ2n) is 1.93. The summed E-state index contributed by atoms with van der Waals surface area (Å²) >= 11 is 0. The summed E-state index contributed by atoms with van der Waals surface area (Å²) in [5, 5.41) is 17.3. The van der Waals surface area contributed by atoms with E-state index in [9.17, 15) is 0 Å². The third kappa shape index (κ3) is 1.17. The number of benzene rings is 1. The maximum Gasteiger partial charge on any atom is 0.118 e. The molecule has 50 valence electrons. The Kier molecular flexibility index (Phi) is 1.46. The molecule has 0 amide bonds. The molecule has 3 nitrogen and oxygen atoms in total. The molecule has 0 aliphatic heterocycles. The molecule has 0 spiro atoms. The van der Waals surface area contributed by atoms with Crippen LogP contribution in [0.25, 0.3) is 0 Å². The minimum absolute atomic E-state index is 0.0246. The number of nitrogen functional groups attached to an aromatic ring is 1. The summed E-state index contributed by atoms with van der Waals surface area (Å²) < 4.78 is 0. The fraction of sp³-hybridized carbons (Fsp3) is 0. The Hall–Kier alpha value is -1.69. The largest absolute Gasteiger partial charge is 0.508 e. The summed E-state index contributed by atoms with van der Waals surface area (Å²) in [5.74, 6) is 0.0246. The fourth-order valence-corrected chi connectivity index (χ4v) is 0.699. The molecule has 0 atom stereocenters. The highest BCUT2D eigenvalue weighted by Crippen LogP contribution is 2.15. The van der Waals surface area contributed by atoms with Gasteiger partial charge in [-0.2, -0.15) is 5.26 Å². The highest BCUT2D eigenvalue weighted by Gasteiger charge is 1.94. The first-order valence-electron chi connectivity index (χ1n) is 2.72. The Balaban J connectivity index is 3.22. The van der Waals surface area contributed by atoms with Crippen molar-refractivity contribution in [3.63, 3.8) is 0 Å². The van der Waals surface area contributed by atoms with Crippen LogP contribution in [0.3, 0.4) is 0 Å². The molecule has 0 saturated heterocycles. The summed E-state index contributed by atoms with van der Waals surface area (Å²) in [5.41, 5.74) is 6.10. The van der Waals surface area contributed by atoms with Crippen LogP contribution >= 0.6 is 0 Å². The smallest absolute Gasteiger partial charge is 0.118 e. The maximum atomic E-state index is 8.89. The standard InChI is InChI=1S/C7H6N2O/c8-4-5-1-6(9)3-7(10)2-5/h1-3,10H,9H2. The quantitative estimate of drug-likeness (QED) is 0.516. The number of hydrogen-bond donors (Lipinski definition) is 2. The monoisotopic (exact) mass is 134 g/mol. The van der Waals surface area contributed by atoms with E-state index in [-0.39, 0.29) is 5.75 Å². The van der Waals surface area contributed by atoms with Gasteiger partial charge in [-0.05, 0) is 12.1 Å². The molecular weight excluding hydrogens is 128 g/mol. The number of nitriles is 1. The summed E-state index contributed by atoms with van der Waals surface area (Å²) in [4.78, 5) is 0.